The van der Waals surface area contributed by atoms with Crippen LogP contribution >= 0.6 is 24.0 Å². The number of nitrogens with one attached hydrogen (secondary N) is 1. The lowest BCUT2D eigenvalue weighted by atomic mass is 10.1. The molecule has 0 spiro atoms. The Morgan fingerprint density at radius 3 is 2.64 bits per heavy atom. The second kappa shape index (κ2) is 8.55. The number of nitrogens with zero attached hydrogens (tertiary/aromatic N) is 1. The van der Waals surface area contributed by atoms with Crippen molar-refractivity contribution in [2.45, 2.75) is 13.0 Å². The predicted molar refractivity (Wildman–Crippen MR) is 97.8 cm³/mol. The lowest BCUT2D eigenvalue weighted by Crippen LogP contribution is -2.01. The number of hydrogen-bond acceptors (Lipinski definition) is 3. The van der Waals surface area contributed by atoms with Crippen LogP contribution < -0.4 is 4.74 Å². The van der Waals surface area contributed by atoms with E-state index in [1.807, 2.05) is 36.4 Å². The third-order valence-electron chi connectivity index (χ3n) is 3.48. The van der Waals surface area contributed by atoms with Crippen molar-refractivity contribution in [3.8, 4) is 5.75 Å². The fourth-order valence-electron chi connectivity index (χ4n) is 2.30. The largest absolute Gasteiger partial charge is 0.489 e. The molecule has 25 heavy (non-hydrogen) atoms. The zero-order valence-electron chi connectivity index (χ0n) is 13.1. The van der Waals surface area contributed by atoms with Gasteiger partial charge in [-0.1, -0.05) is 41.9 Å². The highest BCUT2D eigenvalue weighted by atomic mass is 35.5. The molecule has 3 aromatic rings. The highest BCUT2D eigenvalue weighted by Gasteiger charge is 2.11. The summed E-state index contributed by atoms with van der Waals surface area (Å²) in [6, 6.07) is 15.2. The number of carboxylic acid groups (broad SMARTS) is 1. The van der Waals surface area contributed by atoms with Crippen LogP contribution in [0.4, 0.5) is 0 Å². The Bertz CT molecular complexity index is 851. The average Bonchev–Trinajstić information content (AvgIpc) is 3.04. The van der Waals surface area contributed by atoms with Gasteiger partial charge >= 0.3 is 5.97 Å². The molecule has 0 atom stereocenters. The Balaban J connectivity index is 0.00000225. The summed E-state index contributed by atoms with van der Waals surface area (Å²) in [4.78, 5) is 17.8. The highest BCUT2D eigenvalue weighted by molar-refractivity contribution is 6.30. The van der Waals surface area contributed by atoms with Crippen molar-refractivity contribution in [3.63, 3.8) is 0 Å². The molecule has 1 aromatic heterocycles. The first-order chi connectivity index (χ1) is 11.6. The van der Waals surface area contributed by atoms with E-state index in [9.17, 15) is 4.79 Å². The third kappa shape index (κ3) is 4.98. The topological polar surface area (TPSA) is 75.2 Å². The minimum atomic E-state index is -1.04. The zero-order chi connectivity index (χ0) is 16.9. The van der Waals surface area contributed by atoms with Crippen molar-refractivity contribution in [2.75, 3.05) is 0 Å². The molecule has 0 amide bonds. The van der Waals surface area contributed by atoms with Gasteiger partial charge in [0, 0.05) is 17.0 Å². The number of H-pyrrole nitrogens is 1. The number of aromatic carboxylic acids is 1. The molecule has 0 radical (unpaired) electrons. The summed E-state index contributed by atoms with van der Waals surface area (Å²) in [5.41, 5.74) is 1.95. The number of halogens is 2. The molecule has 0 aliphatic carbocycles. The summed E-state index contributed by atoms with van der Waals surface area (Å²) in [5.74, 6) is 0.191. The molecule has 0 unspecified atom stereocenters. The van der Waals surface area contributed by atoms with Gasteiger partial charge in [-0.25, -0.2) is 9.78 Å². The molecule has 7 heteroatoms. The van der Waals surface area contributed by atoms with Gasteiger partial charge in [0.15, 0.2) is 0 Å². The Labute approximate surface area is 156 Å². The van der Waals surface area contributed by atoms with Crippen LogP contribution in [0.1, 0.15) is 27.4 Å². The first-order valence-corrected chi connectivity index (χ1v) is 7.72. The van der Waals surface area contributed by atoms with E-state index < -0.39 is 5.97 Å². The number of benzene rings is 2. The zero-order valence-corrected chi connectivity index (χ0v) is 14.7. The molecule has 130 valence electrons. The van der Waals surface area contributed by atoms with Gasteiger partial charge in [0.2, 0.25) is 0 Å². The van der Waals surface area contributed by atoms with E-state index in [0.717, 1.165) is 11.1 Å². The molecule has 0 bridgehead atoms. The van der Waals surface area contributed by atoms with E-state index in [4.69, 9.17) is 21.4 Å². The molecule has 3 rings (SSSR count). The number of ether oxygens (including phenoxy) is 1. The Kier molecular flexibility index (Phi) is 6.44. The van der Waals surface area contributed by atoms with Crippen LogP contribution in [0, 0.1) is 0 Å². The number of carbonyl (C=O) groups is 1. The van der Waals surface area contributed by atoms with Crippen molar-refractivity contribution in [2.24, 2.45) is 0 Å². The minimum absolute atomic E-state index is 0. The van der Waals surface area contributed by atoms with E-state index in [1.54, 1.807) is 12.1 Å². The Morgan fingerprint density at radius 1 is 1.20 bits per heavy atom. The van der Waals surface area contributed by atoms with Gasteiger partial charge in [0.25, 0.3) is 0 Å². The third-order valence-corrected chi connectivity index (χ3v) is 3.71. The number of aromatic nitrogens is 2. The van der Waals surface area contributed by atoms with Gasteiger partial charge in [0.05, 0.1) is 6.20 Å². The quantitative estimate of drug-likeness (QED) is 0.668. The standard InChI is InChI=1S/C18H15ClN2O3.ClH/c19-14-6-7-16(24-11-12-4-2-1-3-5-12)13(8-14)9-17-20-10-15(21-17)18(22)23;/h1-8,10H,9,11H2,(H,20,21)(H,22,23);1H. The van der Waals surface area contributed by atoms with Crippen molar-refractivity contribution < 1.29 is 14.6 Å². The van der Waals surface area contributed by atoms with Gasteiger partial charge in [-0.05, 0) is 23.8 Å². The van der Waals surface area contributed by atoms with E-state index >= 15 is 0 Å². The molecule has 0 saturated heterocycles. The van der Waals surface area contributed by atoms with Crippen molar-refractivity contribution in [3.05, 3.63) is 82.4 Å². The summed E-state index contributed by atoms with van der Waals surface area (Å²) in [6.45, 7) is 0.438. The molecule has 2 aromatic carbocycles. The van der Waals surface area contributed by atoms with Crippen molar-refractivity contribution in [1.82, 2.24) is 9.97 Å². The SMILES string of the molecule is Cl.O=C(O)c1cnc(Cc2cc(Cl)ccc2OCc2ccccc2)[nH]1. The summed E-state index contributed by atoms with van der Waals surface area (Å²) in [5, 5.41) is 9.54. The molecule has 0 fully saturated rings. The molecular weight excluding hydrogens is 363 g/mol. The lowest BCUT2D eigenvalue weighted by Gasteiger charge is -2.11. The molecule has 0 saturated carbocycles. The fraction of sp³-hybridized carbons (Fsp3) is 0.111. The maximum atomic E-state index is 10.9. The fourth-order valence-corrected chi connectivity index (χ4v) is 2.50. The second-order valence-electron chi connectivity index (χ2n) is 5.25. The highest BCUT2D eigenvalue weighted by Crippen LogP contribution is 2.25. The van der Waals surface area contributed by atoms with Crippen LogP contribution in [0.2, 0.25) is 5.02 Å². The van der Waals surface area contributed by atoms with Crippen LogP contribution in [-0.4, -0.2) is 21.0 Å². The van der Waals surface area contributed by atoms with E-state index in [-0.39, 0.29) is 18.1 Å². The predicted octanol–water partition coefficient (Wildman–Crippen LogP) is 4.35. The van der Waals surface area contributed by atoms with Gasteiger partial charge in [-0.2, -0.15) is 0 Å². The van der Waals surface area contributed by atoms with Crippen molar-refractivity contribution in [1.29, 1.82) is 0 Å². The number of rotatable bonds is 6. The van der Waals surface area contributed by atoms with Crippen LogP contribution in [0.3, 0.4) is 0 Å². The summed E-state index contributed by atoms with van der Waals surface area (Å²) < 4.78 is 5.89. The van der Waals surface area contributed by atoms with Crippen LogP contribution in [0.25, 0.3) is 0 Å². The number of hydrogen-bond donors (Lipinski definition) is 2. The van der Waals surface area contributed by atoms with Crippen molar-refractivity contribution >= 4 is 30.0 Å². The molecular formula is C18H16Cl2N2O3. The summed E-state index contributed by atoms with van der Waals surface area (Å²) in [6.07, 6.45) is 1.70. The molecule has 2 N–H and O–H groups in total. The maximum absolute atomic E-state index is 10.9. The normalized spacial score (nSPS) is 10.1. The van der Waals surface area contributed by atoms with Gasteiger partial charge in [-0.3, -0.25) is 0 Å². The number of carboxylic acids is 1. The maximum Gasteiger partial charge on any atom is 0.353 e. The first-order valence-electron chi connectivity index (χ1n) is 7.34. The van der Waals surface area contributed by atoms with Crippen LogP contribution in [0.15, 0.2) is 54.7 Å². The van der Waals surface area contributed by atoms with Gasteiger partial charge in [0.1, 0.15) is 23.9 Å². The molecule has 0 aliphatic rings. The first kappa shape index (κ1) is 18.8. The molecule has 1 heterocycles. The van der Waals surface area contributed by atoms with Crippen LogP contribution in [0.5, 0.6) is 5.75 Å². The smallest absolute Gasteiger partial charge is 0.353 e. The summed E-state index contributed by atoms with van der Waals surface area (Å²) >= 11 is 6.08. The van der Waals surface area contributed by atoms with E-state index in [0.29, 0.717) is 29.6 Å². The summed E-state index contributed by atoms with van der Waals surface area (Å²) in [7, 11) is 0. The van der Waals surface area contributed by atoms with E-state index in [1.165, 1.54) is 6.20 Å². The lowest BCUT2D eigenvalue weighted by molar-refractivity contribution is 0.0691. The van der Waals surface area contributed by atoms with Crippen LogP contribution in [-0.2, 0) is 13.0 Å². The average molecular weight is 379 g/mol. The number of aromatic amines is 1. The molecule has 0 aliphatic heterocycles. The second-order valence-corrected chi connectivity index (χ2v) is 5.69. The van der Waals surface area contributed by atoms with E-state index in [2.05, 4.69) is 9.97 Å². The Hall–Kier alpha value is -2.50. The monoisotopic (exact) mass is 378 g/mol. The molecule has 5 nitrogen and oxygen atoms in total. The minimum Gasteiger partial charge on any atom is -0.489 e. The van der Waals surface area contributed by atoms with Gasteiger partial charge in [-0.15, -0.1) is 12.4 Å². The van der Waals surface area contributed by atoms with Gasteiger partial charge < -0.3 is 14.8 Å². The number of imidazole rings is 1. The Morgan fingerprint density at radius 2 is 1.96 bits per heavy atom.